The average molecular weight is 439 g/mol. The van der Waals surface area contributed by atoms with Crippen LogP contribution in [0.3, 0.4) is 0 Å². The highest BCUT2D eigenvalue weighted by Crippen LogP contribution is 2.20. The number of carbonyl (C=O) groups excluding carboxylic acids is 1. The van der Waals surface area contributed by atoms with Crippen LogP contribution >= 0.6 is 0 Å². The fourth-order valence-electron chi connectivity index (χ4n) is 3.86. The maximum Gasteiger partial charge on any atom is 0.326 e. The number of hydrogen-bond donors (Lipinski definition) is 2. The lowest BCUT2D eigenvalue weighted by Crippen LogP contribution is -2.52. The monoisotopic (exact) mass is 438 g/mol. The number of likely N-dealkylation sites (tertiary alicyclic amines) is 1. The summed E-state index contributed by atoms with van der Waals surface area (Å²) in [5, 5.41) is 9.41. The molecule has 8 heteroatoms. The van der Waals surface area contributed by atoms with Crippen LogP contribution in [0.5, 0.6) is 0 Å². The number of benzene rings is 1. The fourth-order valence-corrected chi connectivity index (χ4v) is 5.18. The molecule has 0 aliphatic carbocycles. The minimum Gasteiger partial charge on any atom is -0.480 e. The summed E-state index contributed by atoms with van der Waals surface area (Å²) in [7, 11) is -3.65. The van der Waals surface area contributed by atoms with Crippen LogP contribution < -0.4 is 4.72 Å². The number of nitrogens with one attached hydrogen (secondary N) is 1. The molecule has 0 unspecified atom stereocenters. The van der Waals surface area contributed by atoms with E-state index in [0.717, 1.165) is 37.7 Å². The maximum absolute atomic E-state index is 13.1. The molecule has 1 amide bonds. The summed E-state index contributed by atoms with van der Waals surface area (Å²) in [5.74, 6) is -1.54. The van der Waals surface area contributed by atoms with Gasteiger partial charge < -0.3 is 10.0 Å². The summed E-state index contributed by atoms with van der Waals surface area (Å²) in [6, 6.07) is 7.29. The van der Waals surface area contributed by atoms with Crippen molar-refractivity contribution in [2.45, 2.75) is 76.8 Å². The zero-order valence-electron chi connectivity index (χ0n) is 17.8. The summed E-state index contributed by atoms with van der Waals surface area (Å²) < 4.78 is 27.9. The van der Waals surface area contributed by atoms with Crippen molar-refractivity contribution in [3.8, 4) is 0 Å². The first-order valence-corrected chi connectivity index (χ1v) is 12.6. The molecule has 1 aliphatic heterocycles. The van der Waals surface area contributed by atoms with Crippen LogP contribution in [-0.4, -0.2) is 54.7 Å². The first kappa shape index (κ1) is 24.3. The van der Waals surface area contributed by atoms with E-state index >= 15 is 0 Å². The number of unbranched alkanes of at least 4 members (excludes halogenated alkanes) is 5. The van der Waals surface area contributed by atoms with Crippen molar-refractivity contribution < 1.29 is 23.1 Å². The maximum atomic E-state index is 13.1. The van der Waals surface area contributed by atoms with E-state index in [2.05, 4.69) is 11.6 Å². The van der Waals surface area contributed by atoms with Crippen molar-refractivity contribution in [1.29, 1.82) is 0 Å². The van der Waals surface area contributed by atoms with E-state index in [-0.39, 0.29) is 12.2 Å². The highest BCUT2D eigenvalue weighted by Gasteiger charge is 2.38. The summed E-state index contributed by atoms with van der Waals surface area (Å²) in [4.78, 5) is 25.9. The van der Waals surface area contributed by atoms with E-state index in [4.69, 9.17) is 0 Å². The summed E-state index contributed by atoms with van der Waals surface area (Å²) in [5.41, 5.74) is 0.823. The highest BCUT2D eigenvalue weighted by molar-refractivity contribution is 7.89. The fraction of sp³-hybridized carbons (Fsp3) is 0.636. The third kappa shape index (κ3) is 7.72. The van der Waals surface area contributed by atoms with Crippen LogP contribution in [0.15, 0.2) is 30.3 Å². The van der Waals surface area contributed by atoms with Gasteiger partial charge in [-0.15, -0.1) is 0 Å². The van der Waals surface area contributed by atoms with Crippen LogP contribution in [-0.2, 0) is 26.0 Å². The van der Waals surface area contributed by atoms with Crippen LogP contribution in [0.25, 0.3) is 0 Å². The van der Waals surface area contributed by atoms with Gasteiger partial charge in [-0.2, -0.15) is 0 Å². The number of amides is 1. The molecule has 30 heavy (non-hydrogen) atoms. The lowest BCUT2D eigenvalue weighted by atomic mass is 10.1. The Kier molecular flexibility index (Phi) is 9.78. The molecule has 7 nitrogen and oxygen atoms in total. The Labute approximate surface area is 179 Å². The second-order valence-electron chi connectivity index (χ2n) is 7.97. The predicted molar refractivity (Wildman–Crippen MR) is 117 cm³/mol. The number of nitrogens with zero attached hydrogens (tertiary/aromatic N) is 1. The first-order valence-electron chi connectivity index (χ1n) is 10.9. The Balaban J connectivity index is 2.05. The molecule has 0 spiro atoms. The minimum atomic E-state index is -3.65. The van der Waals surface area contributed by atoms with Gasteiger partial charge in [0, 0.05) is 6.54 Å². The van der Waals surface area contributed by atoms with Crippen LogP contribution in [0.4, 0.5) is 0 Å². The highest BCUT2D eigenvalue weighted by atomic mass is 32.2. The first-order chi connectivity index (χ1) is 14.3. The van der Waals surface area contributed by atoms with Crippen molar-refractivity contribution >= 4 is 21.9 Å². The Morgan fingerprint density at radius 1 is 1.13 bits per heavy atom. The summed E-state index contributed by atoms with van der Waals surface area (Å²) >= 11 is 0. The van der Waals surface area contributed by atoms with Crippen molar-refractivity contribution in [2.24, 2.45) is 0 Å². The topological polar surface area (TPSA) is 104 Å². The van der Waals surface area contributed by atoms with Gasteiger partial charge in [-0.1, -0.05) is 69.4 Å². The molecule has 1 aromatic carbocycles. The summed E-state index contributed by atoms with van der Waals surface area (Å²) in [6.07, 6.45) is 6.97. The third-order valence-corrected chi connectivity index (χ3v) is 6.96. The molecule has 2 N–H and O–H groups in total. The smallest absolute Gasteiger partial charge is 0.326 e. The van der Waals surface area contributed by atoms with Gasteiger partial charge in [-0.05, 0) is 31.2 Å². The van der Waals surface area contributed by atoms with Gasteiger partial charge in [0.1, 0.15) is 12.1 Å². The lowest BCUT2D eigenvalue weighted by Gasteiger charge is -2.27. The number of carbonyl (C=O) groups is 2. The zero-order chi connectivity index (χ0) is 22.0. The average Bonchev–Trinajstić information content (AvgIpc) is 3.20. The molecule has 0 bridgehead atoms. The predicted octanol–water partition coefficient (Wildman–Crippen LogP) is 2.95. The molecule has 0 aromatic heterocycles. The molecule has 1 fully saturated rings. The normalized spacial score (nSPS) is 17.8. The van der Waals surface area contributed by atoms with Crippen molar-refractivity contribution in [2.75, 3.05) is 12.3 Å². The number of hydrogen-bond acceptors (Lipinski definition) is 4. The van der Waals surface area contributed by atoms with Gasteiger partial charge in [0.25, 0.3) is 0 Å². The molecule has 1 aliphatic rings. The van der Waals surface area contributed by atoms with E-state index in [9.17, 15) is 23.1 Å². The molecular formula is C22H34N2O5S. The Morgan fingerprint density at radius 3 is 2.47 bits per heavy atom. The van der Waals surface area contributed by atoms with Crippen molar-refractivity contribution in [3.05, 3.63) is 35.9 Å². The van der Waals surface area contributed by atoms with Crippen LogP contribution in [0.2, 0.25) is 0 Å². The molecular weight excluding hydrogens is 404 g/mol. The SMILES string of the molecule is CCCCCCCCS(=O)(=O)N[C@H](Cc1ccccc1)C(=O)N1CCC[C@H]1C(=O)O. The Hall–Kier alpha value is -1.93. The molecule has 1 aromatic rings. The quantitative estimate of drug-likeness (QED) is 0.461. The van der Waals surface area contributed by atoms with E-state index < -0.39 is 34.0 Å². The minimum absolute atomic E-state index is 0.0277. The molecule has 1 heterocycles. The number of carboxylic acids is 1. The molecule has 1 saturated heterocycles. The number of aliphatic carboxylic acids is 1. The molecule has 0 saturated carbocycles. The van der Waals surface area contributed by atoms with Crippen LogP contribution in [0, 0.1) is 0 Å². The number of rotatable bonds is 13. The number of sulfonamides is 1. The lowest BCUT2D eigenvalue weighted by molar-refractivity contribution is -0.148. The van der Waals surface area contributed by atoms with Crippen molar-refractivity contribution in [1.82, 2.24) is 9.62 Å². The summed E-state index contributed by atoms with van der Waals surface area (Å²) in [6.45, 7) is 2.47. The Bertz CT molecular complexity index is 782. The largest absolute Gasteiger partial charge is 0.480 e. The number of carboxylic acid groups (broad SMARTS) is 1. The third-order valence-electron chi connectivity index (χ3n) is 5.49. The van der Waals surface area contributed by atoms with Crippen LogP contribution in [0.1, 0.15) is 63.9 Å². The Morgan fingerprint density at radius 2 is 1.80 bits per heavy atom. The second-order valence-corrected chi connectivity index (χ2v) is 9.85. The standard InChI is InChI=1S/C22H34N2O5S/c1-2-3-4-5-6-10-16-30(28,29)23-19(17-18-12-8-7-9-13-18)21(25)24-15-11-14-20(24)22(26)27/h7-9,12-13,19-20,23H,2-6,10-11,14-17H2,1H3,(H,26,27)/t19-,20+/m1/s1. The van der Waals surface area contributed by atoms with Gasteiger partial charge in [0.05, 0.1) is 5.75 Å². The molecule has 168 valence electrons. The van der Waals surface area contributed by atoms with Gasteiger partial charge in [-0.25, -0.2) is 17.9 Å². The van der Waals surface area contributed by atoms with Gasteiger partial charge in [-0.3, -0.25) is 4.79 Å². The van der Waals surface area contributed by atoms with E-state index in [0.29, 0.717) is 25.8 Å². The van der Waals surface area contributed by atoms with Crippen molar-refractivity contribution in [3.63, 3.8) is 0 Å². The van der Waals surface area contributed by atoms with Gasteiger partial charge in [0.15, 0.2) is 0 Å². The molecule has 2 atom stereocenters. The van der Waals surface area contributed by atoms with E-state index in [1.165, 1.54) is 4.90 Å². The van der Waals surface area contributed by atoms with E-state index in [1.807, 2.05) is 30.3 Å². The molecule has 2 rings (SSSR count). The second kappa shape index (κ2) is 12.1. The van der Waals surface area contributed by atoms with Gasteiger partial charge >= 0.3 is 5.97 Å². The van der Waals surface area contributed by atoms with E-state index in [1.54, 1.807) is 0 Å². The molecule has 0 radical (unpaired) electrons. The van der Waals surface area contributed by atoms with Gasteiger partial charge in [0.2, 0.25) is 15.9 Å². The zero-order valence-corrected chi connectivity index (χ0v) is 18.6.